The highest BCUT2D eigenvalue weighted by Gasteiger charge is 2.49. The minimum absolute atomic E-state index is 0.0110. The Bertz CT molecular complexity index is 1300. The normalized spacial score (nSPS) is 16.2. The number of rotatable bonds is 11. The van der Waals surface area contributed by atoms with E-state index in [2.05, 4.69) is 13.8 Å². The van der Waals surface area contributed by atoms with Crippen molar-refractivity contribution in [2.24, 2.45) is 0 Å². The molecular formula is C32H40O6S. The molecule has 1 aliphatic rings. The van der Waals surface area contributed by atoms with Crippen LogP contribution in [0.25, 0.3) is 0 Å². The summed E-state index contributed by atoms with van der Waals surface area (Å²) in [7, 11) is -4.17. The fraction of sp³-hybridized carbons (Fsp3) is 0.438. The second-order valence-electron chi connectivity index (χ2n) is 10.9. The van der Waals surface area contributed by atoms with Crippen molar-refractivity contribution in [3.63, 3.8) is 0 Å². The highest BCUT2D eigenvalue weighted by atomic mass is 32.2. The minimum Gasteiger partial charge on any atom is -0.482 e. The first kappa shape index (κ1) is 29.3. The first-order valence-corrected chi connectivity index (χ1v) is 15.1. The van der Waals surface area contributed by atoms with Gasteiger partial charge in [-0.2, -0.15) is 8.42 Å². The van der Waals surface area contributed by atoms with Gasteiger partial charge in [0.2, 0.25) is 5.79 Å². The smallest absolute Gasteiger partial charge is 0.297 e. The molecule has 39 heavy (non-hydrogen) atoms. The summed E-state index contributed by atoms with van der Waals surface area (Å²) < 4.78 is 52.6. The first-order valence-electron chi connectivity index (χ1n) is 13.7. The van der Waals surface area contributed by atoms with Crippen LogP contribution in [0.3, 0.4) is 0 Å². The van der Waals surface area contributed by atoms with E-state index in [9.17, 15) is 8.42 Å². The van der Waals surface area contributed by atoms with Gasteiger partial charge in [-0.15, -0.1) is 0 Å². The van der Waals surface area contributed by atoms with Gasteiger partial charge in [-0.05, 0) is 46.6 Å². The van der Waals surface area contributed by atoms with Crippen molar-refractivity contribution < 1.29 is 26.8 Å². The van der Waals surface area contributed by atoms with Crippen LogP contribution in [0.5, 0.6) is 5.75 Å². The van der Waals surface area contributed by atoms with Gasteiger partial charge in [0.15, 0.2) is 6.10 Å². The Kier molecular flexibility index (Phi) is 9.17. The molecule has 0 bridgehead atoms. The molecule has 1 unspecified atom stereocenters. The molecule has 0 saturated carbocycles. The number of benzene rings is 3. The summed E-state index contributed by atoms with van der Waals surface area (Å²) in [5, 5.41) is 0. The number of hydrogen-bond donors (Lipinski definition) is 0. The molecule has 0 aromatic heterocycles. The molecular weight excluding hydrogens is 512 g/mol. The number of para-hydroxylation sites is 1. The molecule has 3 aromatic carbocycles. The molecule has 1 saturated heterocycles. The lowest BCUT2D eigenvalue weighted by atomic mass is 9.89. The summed E-state index contributed by atoms with van der Waals surface area (Å²) in [5.41, 5.74) is 3.37. The van der Waals surface area contributed by atoms with Gasteiger partial charge in [-0.1, -0.05) is 102 Å². The van der Waals surface area contributed by atoms with E-state index in [1.54, 1.807) is 0 Å². The van der Waals surface area contributed by atoms with Gasteiger partial charge in [0.05, 0.1) is 13.2 Å². The van der Waals surface area contributed by atoms with Gasteiger partial charge < -0.3 is 14.2 Å². The van der Waals surface area contributed by atoms with Crippen molar-refractivity contribution in [2.45, 2.75) is 76.1 Å². The second-order valence-corrected chi connectivity index (χ2v) is 12.4. The molecule has 1 atom stereocenters. The monoisotopic (exact) mass is 552 g/mol. The molecule has 210 valence electrons. The van der Waals surface area contributed by atoms with Gasteiger partial charge in [0.1, 0.15) is 17.3 Å². The second kappa shape index (κ2) is 12.2. The Morgan fingerprint density at radius 2 is 1.28 bits per heavy atom. The number of hydrogen-bond acceptors (Lipinski definition) is 6. The average molecular weight is 553 g/mol. The molecule has 0 aliphatic carbocycles. The lowest BCUT2D eigenvalue weighted by Gasteiger charge is -2.35. The molecule has 1 heterocycles. The van der Waals surface area contributed by atoms with Crippen LogP contribution in [0.1, 0.15) is 81.5 Å². The third-order valence-corrected chi connectivity index (χ3v) is 8.46. The quantitative estimate of drug-likeness (QED) is 0.236. The third-order valence-electron chi connectivity index (χ3n) is 7.04. The van der Waals surface area contributed by atoms with Gasteiger partial charge in [0, 0.05) is 5.56 Å². The van der Waals surface area contributed by atoms with E-state index in [-0.39, 0.29) is 29.3 Å². The molecule has 0 N–H and O–H groups in total. The largest absolute Gasteiger partial charge is 0.482 e. The minimum atomic E-state index is -4.17. The summed E-state index contributed by atoms with van der Waals surface area (Å²) >= 11 is 0. The Hall–Kier alpha value is -2.71. The van der Waals surface area contributed by atoms with Gasteiger partial charge in [0.25, 0.3) is 10.1 Å². The van der Waals surface area contributed by atoms with Crippen molar-refractivity contribution in [3.05, 3.63) is 95.1 Å². The zero-order chi connectivity index (χ0) is 28.2. The Labute approximate surface area is 233 Å². The summed E-state index contributed by atoms with van der Waals surface area (Å²) in [6.07, 6.45) is -0.903. The number of ether oxygens (including phenoxy) is 3. The lowest BCUT2D eigenvalue weighted by molar-refractivity contribution is -0.227. The van der Waals surface area contributed by atoms with E-state index in [4.69, 9.17) is 18.4 Å². The van der Waals surface area contributed by atoms with Crippen molar-refractivity contribution in [3.8, 4) is 5.75 Å². The fourth-order valence-corrected chi connectivity index (χ4v) is 6.50. The summed E-state index contributed by atoms with van der Waals surface area (Å²) in [6, 6.07) is 22.7. The summed E-state index contributed by atoms with van der Waals surface area (Å²) in [6.45, 7) is 12.7. The van der Waals surface area contributed by atoms with Crippen LogP contribution in [-0.2, 0) is 29.6 Å². The highest BCUT2D eigenvalue weighted by molar-refractivity contribution is 7.86. The predicted octanol–water partition coefficient (Wildman–Crippen LogP) is 7.11. The maximum Gasteiger partial charge on any atom is 0.297 e. The Balaban J connectivity index is 1.76. The third kappa shape index (κ3) is 6.38. The molecule has 6 nitrogen and oxygen atoms in total. The molecule has 0 radical (unpaired) electrons. The molecule has 7 heteroatoms. The van der Waals surface area contributed by atoms with E-state index in [1.165, 1.54) is 0 Å². The van der Waals surface area contributed by atoms with Crippen molar-refractivity contribution >= 4 is 10.1 Å². The summed E-state index contributed by atoms with van der Waals surface area (Å²) in [5.74, 6) is -0.518. The highest BCUT2D eigenvalue weighted by Crippen LogP contribution is 2.39. The fourth-order valence-electron chi connectivity index (χ4n) is 4.91. The van der Waals surface area contributed by atoms with E-state index in [0.29, 0.717) is 19.0 Å². The zero-order valence-electron chi connectivity index (χ0n) is 23.7. The molecule has 4 rings (SSSR count). The van der Waals surface area contributed by atoms with Gasteiger partial charge >= 0.3 is 0 Å². The van der Waals surface area contributed by atoms with E-state index in [0.717, 1.165) is 22.3 Å². The topological polar surface area (TPSA) is 71.1 Å². The molecule has 0 spiro atoms. The first-order chi connectivity index (χ1) is 18.5. The van der Waals surface area contributed by atoms with Crippen LogP contribution in [0.2, 0.25) is 0 Å². The molecule has 1 aliphatic heterocycles. The van der Waals surface area contributed by atoms with Gasteiger partial charge in [-0.25, -0.2) is 0 Å². The van der Waals surface area contributed by atoms with Crippen LogP contribution in [0.15, 0.2) is 77.7 Å². The Morgan fingerprint density at radius 1 is 0.769 bits per heavy atom. The van der Waals surface area contributed by atoms with E-state index >= 15 is 0 Å². The zero-order valence-corrected chi connectivity index (χ0v) is 24.5. The average Bonchev–Trinajstić information content (AvgIpc) is 3.42. The van der Waals surface area contributed by atoms with Crippen molar-refractivity contribution in [2.75, 3.05) is 19.8 Å². The van der Waals surface area contributed by atoms with Gasteiger partial charge in [-0.3, -0.25) is 4.18 Å². The van der Waals surface area contributed by atoms with Crippen LogP contribution < -0.4 is 4.74 Å². The molecule has 0 amide bonds. The summed E-state index contributed by atoms with van der Waals surface area (Å²) in [4.78, 5) is 0.248. The predicted molar refractivity (Wildman–Crippen MR) is 153 cm³/mol. The van der Waals surface area contributed by atoms with Crippen LogP contribution in [-0.4, -0.2) is 34.3 Å². The van der Waals surface area contributed by atoms with Crippen LogP contribution >= 0.6 is 0 Å². The lowest BCUT2D eigenvalue weighted by Crippen LogP contribution is -2.47. The van der Waals surface area contributed by atoms with Crippen LogP contribution in [0, 0.1) is 0 Å². The van der Waals surface area contributed by atoms with Crippen LogP contribution in [0.4, 0.5) is 0 Å². The SMILES string of the molecule is CC(C)c1cc(C(C)C)c(S(=O)(=O)OCC(Oc2ccccc2)C2(c3ccccc3)OCCO2)c(C(C)C)c1. The van der Waals surface area contributed by atoms with Crippen molar-refractivity contribution in [1.29, 1.82) is 0 Å². The van der Waals surface area contributed by atoms with E-state index in [1.807, 2.05) is 100 Å². The molecule has 3 aromatic rings. The maximum absolute atomic E-state index is 14.0. The van der Waals surface area contributed by atoms with Crippen molar-refractivity contribution in [1.82, 2.24) is 0 Å². The standard InChI is InChI=1S/C32H40O6S/c1-22(2)25-19-28(23(3)4)31(29(20-25)24(5)6)39(33,34)37-21-30(38-27-15-11-8-12-16-27)32(35-17-18-36-32)26-13-9-7-10-14-26/h7-16,19-20,22-24,30H,17-18,21H2,1-6H3. The van der Waals surface area contributed by atoms with E-state index < -0.39 is 22.0 Å². The molecule has 1 fully saturated rings. The Morgan fingerprint density at radius 3 is 1.77 bits per heavy atom. The maximum atomic E-state index is 14.0.